The largest absolute Gasteiger partial charge is 0.349 e. The van der Waals surface area contributed by atoms with Gasteiger partial charge in [0.15, 0.2) is 0 Å². The van der Waals surface area contributed by atoms with E-state index < -0.39 is 0 Å². The Hall–Kier alpha value is -2.11. The highest BCUT2D eigenvalue weighted by atomic mass is 16.1. The summed E-state index contributed by atoms with van der Waals surface area (Å²) in [6.45, 7) is 4.44. The Morgan fingerprint density at radius 3 is 2.84 bits per heavy atom. The first-order chi connectivity index (χ1) is 9.08. The summed E-state index contributed by atoms with van der Waals surface area (Å²) in [4.78, 5) is 18.8. The van der Waals surface area contributed by atoms with Crippen LogP contribution in [0.15, 0.2) is 12.4 Å². The average molecular weight is 261 g/mol. The van der Waals surface area contributed by atoms with Crippen LogP contribution < -0.4 is 5.32 Å². The van der Waals surface area contributed by atoms with E-state index in [2.05, 4.69) is 20.4 Å². The molecule has 0 spiro atoms. The zero-order valence-corrected chi connectivity index (χ0v) is 11.5. The van der Waals surface area contributed by atoms with E-state index in [9.17, 15) is 4.79 Å². The number of amides is 1. The fourth-order valence-corrected chi connectivity index (χ4v) is 2.08. The third kappa shape index (κ3) is 3.21. The van der Waals surface area contributed by atoms with Gasteiger partial charge in [-0.25, -0.2) is 4.98 Å². The Bertz CT molecular complexity index is 556. The van der Waals surface area contributed by atoms with Gasteiger partial charge in [-0.15, -0.1) is 0 Å². The number of rotatable bonds is 5. The molecule has 0 saturated heterocycles. The maximum absolute atomic E-state index is 11.8. The number of nitrogens with zero attached hydrogens (tertiary/aromatic N) is 3. The number of nitrogens with one attached hydrogen (secondary N) is 2. The quantitative estimate of drug-likeness (QED) is 0.843. The summed E-state index contributed by atoms with van der Waals surface area (Å²) >= 11 is 0. The summed E-state index contributed by atoms with van der Waals surface area (Å²) in [5, 5.41) is 7.19. The number of hydrogen-bond acceptors (Lipinski definition) is 3. The molecule has 0 saturated carbocycles. The molecule has 0 radical (unpaired) electrons. The minimum atomic E-state index is 0.0269. The third-order valence-corrected chi connectivity index (χ3v) is 3.27. The molecule has 0 bridgehead atoms. The summed E-state index contributed by atoms with van der Waals surface area (Å²) < 4.78 is 1.85. The Kier molecular flexibility index (Phi) is 3.99. The molecule has 2 aromatic rings. The molecule has 0 aliphatic carbocycles. The number of imidazole rings is 1. The molecule has 2 aromatic heterocycles. The first-order valence-corrected chi connectivity index (χ1v) is 6.32. The lowest BCUT2D eigenvalue weighted by atomic mass is 10.1. The molecule has 0 aliphatic rings. The first-order valence-electron chi connectivity index (χ1n) is 6.32. The molecule has 1 amide bonds. The molecular formula is C13H19N5O. The normalized spacial score (nSPS) is 10.7. The molecule has 2 rings (SSSR count). The lowest BCUT2D eigenvalue weighted by Crippen LogP contribution is -2.23. The van der Waals surface area contributed by atoms with Gasteiger partial charge < -0.3 is 10.3 Å². The van der Waals surface area contributed by atoms with Gasteiger partial charge in [-0.05, 0) is 25.8 Å². The molecule has 0 aromatic carbocycles. The second-order valence-electron chi connectivity index (χ2n) is 4.59. The van der Waals surface area contributed by atoms with Gasteiger partial charge in [-0.2, -0.15) is 5.10 Å². The molecule has 2 N–H and O–H groups in total. The second-order valence-corrected chi connectivity index (χ2v) is 4.59. The number of aromatic nitrogens is 4. The number of hydrogen-bond donors (Lipinski definition) is 2. The Morgan fingerprint density at radius 2 is 2.26 bits per heavy atom. The molecule has 6 heteroatoms. The smallest absolute Gasteiger partial charge is 0.220 e. The van der Waals surface area contributed by atoms with Crippen molar-refractivity contribution in [3.05, 3.63) is 35.2 Å². The molecular weight excluding hydrogens is 242 g/mol. The standard InChI is InChI=1S/C13H19N5O/c1-9-11(10(2)18(3)17-9)4-5-13(19)16-8-12-14-6-7-15-12/h6-7H,4-5,8H2,1-3H3,(H,14,15)(H,16,19). The van der Waals surface area contributed by atoms with Crippen molar-refractivity contribution in [2.75, 3.05) is 0 Å². The van der Waals surface area contributed by atoms with Crippen LogP contribution >= 0.6 is 0 Å². The topological polar surface area (TPSA) is 75.6 Å². The van der Waals surface area contributed by atoms with Crippen LogP contribution in [0, 0.1) is 13.8 Å². The number of carbonyl (C=O) groups is 1. The summed E-state index contributed by atoms with van der Waals surface area (Å²) in [5.41, 5.74) is 3.28. The molecule has 0 fully saturated rings. The molecule has 2 heterocycles. The van der Waals surface area contributed by atoms with Gasteiger partial charge in [0.05, 0.1) is 12.2 Å². The molecule has 0 atom stereocenters. The summed E-state index contributed by atoms with van der Waals surface area (Å²) in [5.74, 6) is 0.793. The lowest BCUT2D eigenvalue weighted by Gasteiger charge is -2.04. The minimum Gasteiger partial charge on any atom is -0.349 e. The highest BCUT2D eigenvalue weighted by Gasteiger charge is 2.11. The van der Waals surface area contributed by atoms with Crippen LogP contribution in [-0.2, 0) is 24.8 Å². The lowest BCUT2D eigenvalue weighted by molar-refractivity contribution is -0.121. The van der Waals surface area contributed by atoms with Crippen LogP contribution in [-0.4, -0.2) is 25.7 Å². The predicted molar refractivity (Wildman–Crippen MR) is 71.4 cm³/mol. The monoisotopic (exact) mass is 261 g/mol. The van der Waals surface area contributed by atoms with Gasteiger partial charge in [-0.3, -0.25) is 9.48 Å². The van der Waals surface area contributed by atoms with Gasteiger partial charge in [-0.1, -0.05) is 0 Å². The summed E-state index contributed by atoms with van der Waals surface area (Å²) in [6, 6.07) is 0. The van der Waals surface area contributed by atoms with Gasteiger partial charge in [0.1, 0.15) is 5.82 Å². The Labute approximate surface area is 112 Å². The van der Waals surface area contributed by atoms with E-state index in [0.29, 0.717) is 13.0 Å². The van der Waals surface area contributed by atoms with Crippen LogP contribution in [0.4, 0.5) is 0 Å². The number of H-pyrrole nitrogens is 1. The van der Waals surface area contributed by atoms with Crippen molar-refractivity contribution < 1.29 is 4.79 Å². The van der Waals surface area contributed by atoms with E-state index in [4.69, 9.17) is 0 Å². The van der Waals surface area contributed by atoms with Crippen molar-refractivity contribution >= 4 is 5.91 Å². The number of aromatic amines is 1. The highest BCUT2D eigenvalue weighted by molar-refractivity contribution is 5.76. The van der Waals surface area contributed by atoms with Crippen LogP contribution in [0.3, 0.4) is 0 Å². The van der Waals surface area contributed by atoms with E-state index in [1.54, 1.807) is 12.4 Å². The first kappa shape index (κ1) is 13.3. The zero-order chi connectivity index (χ0) is 13.8. The highest BCUT2D eigenvalue weighted by Crippen LogP contribution is 2.13. The Balaban J connectivity index is 1.83. The van der Waals surface area contributed by atoms with Gasteiger partial charge >= 0.3 is 0 Å². The maximum atomic E-state index is 11.8. The molecule has 6 nitrogen and oxygen atoms in total. The molecule has 0 aliphatic heterocycles. The van der Waals surface area contributed by atoms with Crippen molar-refractivity contribution in [2.45, 2.75) is 33.2 Å². The summed E-state index contributed by atoms with van der Waals surface area (Å²) in [6.07, 6.45) is 4.59. The number of aryl methyl sites for hydroxylation is 2. The van der Waals surface area contributed by atoms with E-state index in [0.717, 1.165) is 29.2 Å². The van der Waals surface area contributed by atoms with Gasteiger partial charge in [0, 0.05) is 31.6 Å². The zero-order valence-electron chi connectivity index (χ0n) is 11.5. The molecule has 19 heavy (non-hydrogen) atoms. The van der Waals surface area contributed by atoms with Crippen molar-refractivity contribution in [1.29, 1.82) is 0 Å². The Morgan fingerprint density at radius 1 is 1.47 bits per heavy atom. The van der Waals surface area contributed by atoms with Crippen molar-refractivity contribution in [3.63, 3.8) is 0 Å². The number of carbonyl (C=O) groups excluding carboxylic acids is 1. The van der Waals surface area contributed by atoms with Crippen LogP contribution in [0.5, 0.6) is 0 Å². The van der Waals surface area contributed by atoms with Gasteiger partial charge in [0.2, 0.25) is 5.91 Å². The fraction of sp³-hybridized carbons (Fsp3) is 0.462. The molecule has 102 valence electrons. The SMILES string of the molecule is Cc1nn(C)c(C)c1CCC(=O)NCc1ncc[nH]1. The summed E-state index contributed by atoms with van der Waals surface area (Å²) in [7, 11) is 1.92. The maximum Gasteiger partial charge on any atom is 0.220 e. The van der Waals surface area contributed by atoms with E-state index in [1.807, 2.05) is 25.6 Å². The van der Waals surface area contributed by atoms with Crippen LogP contribution in [0.2, 0.25) is 0 Å². The van der Waals surface area contributed by atoms with Gasteiger partial charge in [0.25, 0.3) is 0 Å². The van der Waals surface area contributed by atoms with E-state index >= 15 is 0 Å². The second kappa shape index (κ2) is 5.69. The molecule has 0 unspecified atom stereocenters. The van der Waals surface area contributed by atoms with Crippen molar-refractivity contribution in [1.82, 2.24) is 25.1 Å². The predicted octanol–water partition coefficient (Wildman–Crippen LogP) is 1.01. The van der Waals surface area contributed by atoms with Crippen molar-refractivity contribution in [2.24, 2.45) is 7.05 Å². The van der Waals surface area contributed by atoms with Crippen molar-refractivity contribution in [3.8, 4) is 0 Å². The third-order valence-electron chi connectivity index (χ3n) is 3.27. The van der Waals surface area contributed by atoms with Crippen LogP contribution in [0.1, 0.15) is 29.2 Å². The average Bonchev–Trinajstić information content (AvgIpc) is 2.96. The van der Waals surface area contributed by atoms with E-state index in [-0.39, 0.29) is 5.91 Å². The fourth-order valence-electron chi connectivity index (χ4n) is 2.08. The van der Waals surface area contributed by atoms with E-state index in [1.165, 1.54) is 0 Å². The minimum absolute atomic E-state index is 0.0269. The van der Waals surface area contributed by atoms with Crippen LogP contribution in [0.25, 0.3) is 0 Å².